The van der Waals surface area contributed by atoms with E-state index in [9.17, 15) is 13.2 Å². The molecule has 1 aliphatic heterocycles. The SMILES string of the molecule is CC(C)C[C@H]1O[C@@H]1C(O)(O)C(F)(F)F. The summed E-state index contributed by atoms with van der Waals surface area (Å²) in [5, 5.41) is 17.6. The molecule has 1 heterocycles. The van der Waals surface area contributed by atoms with Crippen LogP contribution in [-0.4, -0.2) is 34.4 Å². The summed E-state index contributed by atoms with van der Waals surface area (Å²) in [6.45, 7) is 3.64. The van der Waals surface area contributed by atoms with Crippen molar-refractivity contribution in [3.8, 4) is 0 Å². The third-order valence-electron chi connectivity index (χ3n) is 2.10. The lowest BCUT2D eigenvalue weighted by Crippen LogP contribution is -2.50. The molecule has 0 saturated carbocycles. The third-order valence-corrected chi connectivity index (χ3v) is 2.10. The van der Waals surface area contributed by atoms with Crippen LogP contribution < -0.4 is 0 Å². The Labute approximate surface area is 79.5 Å². The third kappa shape index (κ3) is 2.18. The summed E-state index contributed by atoms with van der Waals surface area (Å²) in [5.41, 5.74) is 0. The summed E-state index contributed by atoms with van der Waals surface area (Å²) < 4.78 is 40.8. The predicted octanol–water partition coefficient (Wildman–Crippen LogP) is 1.04. The second-order valence-electron chi connectivity index (χ2n) is 3.95. The van der Waals surface area contributed by atoms with Crippen molar-refractivity contribution in [1.82, 2.24) is 0 Å². The van der Waals surface area contributed by atoms with Gasteiger partial charge in [-0.1, -0.05) is 13.8 Å². The highest BCUT2D eigenvalue weighted by Crippen LogP contribution is 2.43. The molecular formula is C8H13F3O3. The van der Waals surface area contributed by atoms with E-state index < -0.39 is 24.2 Å². The van der Waals surface area contributed by atoms with Gasteiger partial charge in [0, 0.05) is 0 Å². The molecule has 14 heavy (non-hydrogen) atoms. The molecule has 1 aliphatic rings. The molecule has 3 nitrogen and oxygen atoms in total. The van der Waals surface area contributed by atoms with Crippen molar-refractivity contribution in [2.24, 2.45) is 5.92 Å². The van der Waals surface area contributed by atoms with Gasteiger partial charge in [0.05, 0.1) is 6.10 Å². The summed E-state index contributed by atoms with van der Waals surface area (Å²) in [6, 6.07) is 0. The van der Waals surface area contributed by atoms with Gasteiger partial charge in [-0.3, -0.25) is 0 Å². The first-order valence-corrected chi connectivity index (χ1v) is 4.33. The topological polar surface area (TPSA) is 53.0 Å². The molecule has 0 radical (unpaired) electrons. The van der Waals surface area contributed by atoms with Gasteiger partial charge < -0.3 is 14.9 Å². The number of hydrogen-bond donors (Lipinski definition) is 2. The monoisotopic (exact) mass is 214 g/mol. The lowest BCUT2D eigenvalue weighted by atomic mass is 10.0. The molecule has 0 spiro atoms. The molecule has 0 aliphatic carbocycles. The normalized spacial score (nSPS) is 28.3. The number of ether oxygens (including phenoxy) is 1. The van der Waals surface area contributed by atoms with E-state index in [1.165, 1.54) is 0 Å². The van der Waals surface area contributed by atoms with Crippen LogP contribution in [-0.2, 0) is 4.74 Å². The van der Waals surface area contributed by atoms with Crippen LogP contribution in [0.4, 0.5) is 13.2 Å². The number of alkyl halides is 3. The van der Waals surface area contributed by atoms with Crippen LogP contribution in [0.5, 0.6) is 0 Å². The Bertz CT molecular complexity index is 212. The van der Waals surface area contributed by atoms with Gasteiger partial charge in [-0.2, -0.15) is 13.2 Å². The second kappa shape index (κ2) is 3.36. The van der Waals surface area contributed by atoms with Gasteiger partial charge in [0.15, 0.2) is 0 Å². The van der Waals surface area contributed by atoms with Gasteiger partial charge in [-0.05, 0) is 12.3 Å². The summed E-state index contributed by atoms with van der Waals surface area (Å²) >= 11 is 0. The van der Waals surface area contributed by atoms with E-state index in [1.807, 2.05) is 13.8 Å². The van der Waals surface area contributed by atoms with Crippen LogP contribution in [0.2, 0.25) is 0 Å². The fraction of sp³-hybridized carbons (Fsp3) is 1.00. The van der Waals surface area contributed by atoms with Crippen LogP contribution >= 0.6 is 0 Å². The highest BCUT2D eigenvalue weighted by molar-refractivity contribution is 4.99. The molecular weight excluding hydrogens is 201 g/mol. The predicted molar refractivity (Wildman–Crippen MR) is 41.3 cm³/mol. The Morgan fingerprint density at radius 2 is 1.79 bits per heavy atom. The van der Waals surface area contributed by atoms with E-state index in [1.54, 1.807) is 0 Å². The molecule has 1 rings (SSSR count). The molecule has 84 valence electrons. The summed E-state index contributed by atoms with van der Waals surface area (Å²) in [6.07, 6.45) is -6.91. The number of halogens is 3. The lowest BCUT2D eigenvalue weighted by Gasteiger charge is -2.22. The summed E-state index contributed by atoms with van der Waals surface area (Å²) in [7, 11) is 0. The molecule has 2 N–H and O–H groups in total. The van der Waals surface area contributed by atoms with Crippen LogP contribution in [0.1, 0.15) is 20.3 Å². The van der Waals surface area contributed by atoms with Gasteiger partial charge in [0.2, 0.25) is 0 Å². The van der Waals surface area contributed by atoms with Gasteiger partial charge in [-0.15, -0.1) is 0 Å². The molecule has 0 aromatic carbocycles. The van der Waals surface area contributed by atoms with Crippen molar-refractivity contribution in [2.45, 2.75) is 44.4 Å². The van der Waals surface area contributed by atoms with Crippen LogP contribution in [0.15, 0.2) is 0 Å². The Morgan fingerprint density at radius 3 is 2.14 bits per heavy atom. The fourth-order valence-electron chi connectivity index (χ4n) is 1.30. The number of rotatable bonds is 3. The minimum Gasteiger partial charge on any atom is -0.363 e. The average Bonchev–Trinajstić information content (AvgIpc) is 2.63. The quantitative estimate of drug-likeness (QED) is 0.545. The Hall–Kier alpha value is -0.330. The largest absolute Gasteiger partial charge is 0.445 e. The minimum absolute atomic E-state index is 0.161. The first-order chi connectivity index (χ1) is 6.16. The number of hydrogen-bond acceptors (Lipinski definition) is 3. The average molecular weight is 214 g/mol. The molecule has 0 aromatic rings. The molecule has 1 fully saturated rings. The number of epoxide rings is 1. The van der Waals surface area contributed by atoms with Gasteiger partial charge >= 0.3 is 6.18 Å². The lowest BCUT2D eigenvalue weighted by molar-refractivity contribution is -0.355. The van der Waals surface area contributed by atoms with Gasteiger partial charge in [0.25, 0.3) is 5.79 Å². The van der Waals surface area contributed by atoms with E-state index >= 15 is 0 Å². The standard InChI is InChI=1S/C8H13F3O3/c1-4(2)3-5-6(14-5)7(12,13)8(9,10)11/h4-6,12-13H,3H2,1-2H3/t5-,6+/m1/s1. The zero-order valence-electron chi connectivity index (χ0n) is 7.88. The van der Waals surface area contributed by atoms with E-state index in [0.717, 1.165) is 0 Å². The molecule has 1 saturated heterocycles. The molecule has 0 bridgehead atoms. The molecule has 6 heteroatoms. The zero-order chi connectivity index (χ0) is 11.1. The van der Waals surface area contributed by atoms with Crippen LogP contribution in [0.25, 0.3) is 0 Å². The summed E-state index contributed by atoms with van der Waals surface area (Å²) in [4.78, 5) is 0. The second-order valence-corrected chi connectivity index (χ2v) is 3.95. The van der Waals surface area contributed by atoms with E-state index in [4.69, 9.17) is 10.2 Å². The zero-order valence-corrected chi connectivity index (χ0v) is 7.88. The van der Waals surface area contributed by atoms with Crippen molar-refractivity contribution in [3.05, 3.63) is 0 Å². The van der Waals surface area contributed by atoms with Gasteiger partial charge in [0.1, 0.15) is 6.10 Å². The van der Waals surface area contributed by atoms with E-state index in [2.05, 4.69) is 4.74 Å². The first-order valence-electron chi connectivity index (χ1n) is 4.33. The van der Waals surface area contributed by atoms with Crippen LogP contribution in [0, 0.1) is 5.92 Å². The van der Waals surface area contributed by atoms with Gasteiger partial charge in [-0.25, -0.2) is 0 Å². The highest BCUT2D eigenvalue weighted by atomic mass is 19.4. The molecule has 2 atom stereocenters. The van der Waals surface area contributed by atoms with E-state index in [0.29, 0.717) is 6.42 Å². The van der Waals surface area contributed by atoms with Crippen molar-refractivity contribution in [1.29, 1.82) is 0 Å². The van der Waals surface area contributed by atoms with Crippen molar-refractivity contribution in [3.63, 3.8) is 0 Å². The first kappa shape index (κ1) is 11.7. The fourth-order valence-corrected chi connectivity index (χ4v) is 1.30. The van der Waals surface area contributed by atoms with E-state index in [-0.39, 0.29) is 5.92 Å². The Kier molecular flexibility index (Phi) is 2.82. The maximum absolute atomic E-state index is 12.1. The van der Waals surface area contributed by atoms with Crippen molar-refractivity contribution in [2.75, 3.05) is 0 Å². The smallest absolute Gasteiger partial charge is 0.363 e. The van der Waals surface area contributed by atoms with Crippen molar-refractivity contribution >= 4 is 0 Å². The van der Waals surface area contributed by atoms with Crippen LogP contribution in [0.3, 0.4) is 0 Å². The van der Waals surface area contributed by atoms with Crippen molar-refractivity contribution < 1.29 is 28.1 Å². The Balaban J connectivity index is 2.53. The maximum Gasteiger partial charge on any atom is 0.445 e. The number of aliphatic hydroxyl groups is 2. The summed E-state index contributed by atoms with van der Waals surface area (Å²) in [5.74, 6) is -3.55. The highest BCUT2D eigenvalue weighted by Gasteiger charge is 2.67. The molecule has 0 amide bonds. The molecule has 0 unspecified atom stereocenters. The molecule has 0 aromatic heterocycles. The maximum atomic E-state index is 12.1. The minimum atomic E-state index is -5.07. The Morgan fingerprint density at radius 1 is 1.29 bits per heavy atom.